The van der Waals surface area contributed by atoms with Gasteiger partial charge in [0.05, 0.1) is 6.61 Å². The molecular weight excluding hydrogens is 262 g/mol. The van der Waals surface area contributed by atoms with Crippen LogP contribution in [0.3, 0.4) is 0 Å². The van der Waals surface area contributed by atoms with E-state index in [1.807, 2.05) is 0 Å². The highest BCUT2D eigenvalue weighted by Crippen LogP contribution is 2.27. The molecule has 0 bridgehead atoms. The summed E-state index contributed by atoms with van der Waals surface area (Å²) in [7, 11) is 1.20. The monoisotopic (exact) mass is 277 g/mol. The highest BCUT2D eigenvalue weighted by atomic mass is 16.6. The Morgan fingerprint density at radius 3 is 2.26 bits per heavy atom. The van der Waals surface area contributed by atoms with Crippen molar-refractivity contribution in [2.75, 3.05) is 13.7 Å². The molecular formula is C10H15NO8. The van der Waals surface area contributed by atoms with Crippen LogP contribution in [0.25, 0.3) is 0 Å². The molecule has 0 aliphatic carbocycles. The number of carbonyl (C=O) groups excluding carboxylic acids is 2. The summed E-state index contributed by atoms with van der Waals surface area (Å²) in [6.07, 6.45) is -9.58. The van der Waals surface area contributed by atoms with Gasteiger partial charge in [0.1, 0.15) is 30.5 Å². The molecule has 2 unspecified atom stereocenters. The molecule has 9 heteroatoms. The van der Waals surface area contributed by atoms with Crippen molar-refractivity contribution >= 4 is 12.0 Å². The normalized spacial score (nSPS) is 43.5. The highest BCUT2D eigenvalue weighted by molar-refractivity contribution is 6.00. The molecule has 2 aliphatic rings. The minimum absolute atomic E-state index is 0.619. The fourth-order valence-corrected chi connectivity index (χ4v) is 2.11. The molecule has 0 radical (unpaired) electrons. The molecule has 0 spiro atoms. The quantitative estimate of drug-likeness (QED) is 0.414. The molecule has 2 heterocycles. The first kappa shape index (κ1) is 14.2. The van der Waals surface area contributed by atoms with Crippen molar-refractivity contribution in [3.63, 3.8) is 0 Å². The maximum absolute atomic E-state index is 11.7. The second kappa shape index (κ2) is 5.02. The van der Waals surface area contributed by atoms with E-state index in [1.54, 1.807) is 0 Å². The van der Waals surface area contributed by atoms with Gasteiger partial charge in [-0.2, -0.15) is 0 Å². The summed E-state index contributed by atoms with van der Waals surface area (Å²) in [5.74, 6) is -0.727. The maximum Gasteiger partial charge on any atom is 0.417 e. The van der Waals surface area contributed by atoms with E-state index >= 15 is 0 Å². The van der Waals surface area contributed by atoms with Crippen LogP contribution >= 0.6 is 0 Å². The zero-order valence-electron chi connectivity index (χ0n) is 10.0. The number of rotatable bonds is 2. The molecule has 2 amide bonds. The molecule has 0 aromatic rings. The van der Waals surface area contributed by atoms with E-state index in [2.05, 4.69) is 0 Å². The molecule has 6 atom stereocenters. The van der Waals surface area contributed by atoms with Crippen LogP contribution in [-0.2, 0) is 14.3 Å². The molecule has 4 N–H and O–H groups in total. The zero-order valence-corrected chi connectivity index (χ0v) is 10.0. The number of amides is 2. The number of cyclic esters (lactones) is 1. The largest absolute Gasteiger partial charge is 0.433 e. The van der Waals surface area contributed by atoms with Crippen LogP contribution in [-0.4, -0.2) is 87.6 Å². The van der Waals surface area contributed by atoms with Crippen LogP contribution in [0.5, 0.6) is 0 Å². The molecule has 9 nitrogen and oxygen atoms in total. The topological polar surface area (TPSA) is 137 Å². The van der Waals surface area contributed by atoms with Crippen molar-refractivity contribution < 1.29 is 39.5 Å². The van der Waals surface area contributed by atoms with Gasteiger partial charge in [-0.05, 0) is 0 Å². The molecule has 2 saturated heterocycles. The molecule has 0 saturated carbocycles. The van der Waals surface area contributed by atoms with E-state index in [0.717, 1.165) is 0 Å². The highest BCUT2D eigenvalue weighted by Gasteiger charge is 2.53. The van der Waals surface area contributed by atoms with Crippen molar-refractivity contribution in [1.82, 2.24) is 4.90 Å². The Bertz CT molecular complexity index is 386. The van der Waals surface area contributed by atoms with Gasteiger partial charge in [0.25, 0.3) is 5.91 Å². The van der Waals surface area contributed by atoms with Crippen molar-refractivity contribution in [3.05, 3.63) is 0 Å². The van der Waals surface area contributed by atoms with Crippen molar-refractivity contribution in [1.29, 1.82) is 0 Å². The SMILES string of the molecule is CN1C(=O)OC(C2O[C@H](CO)[C@@H](O)[C@H](O)[C@@H]2O)C1=O. The number of hydrogen-bond donors (Lipinski definition) is 4. The number of nitrogens with zero attached hydrogens (tertiary/aromatic N) is 1. The third-order valence-corrected chi connectivity index (χ3v) is 3.30. The van der Waals surface area contributed by atoms with E-state index in [-0.39, 0.29) is 0 Å². The summed E-state index contributed by atoms with van der Waals surface area (Å²) in [4.78, 5) is 23.7. The molecule has 0 aromatic carbocycles. The summed E-state index contributed by atoms with van der Waals surface area (Å²) >= 11 is 0. The predicted molar refractivity (Wildman–Crippen MR) is 56.8 cm³/mol. The minimum atomic E-state index is -1.62. The van der Waals surface area contributed by atoms with Gasteiger partial charge in [0.2, 0.25) is 6.10 Å². The van der Waals surface area contributed by atoms with Gasteiger partial charge in [-0.15, -0.1) is 0 Å². The lowest BCUT2D eigenvalue weighted by Gasteiger charge is -2.40. The maximum atomic E-state index is 11.7. The Balaban J connectivity index is 2.20. The molecule has 2 fully saturated rings. The van der Waals surface area contributed by atoms with E-state index in [0.29, 0.717) is 4.90 Å². The first-order valence-electron chi connectivity index (χ1n) is 5.67. The number of aliphatic hydroxyl groups excluding tert-OH is 4. The van der Waals surface area contributed by atoms with Crippen molar-refractivity contribution in [2.24, 2.45) is 0 Å². The van der Waals surface area contributed by atoms with Gasteiger partial charge in [0.15, 0.2) is 0 Å². The predicted octanol–water partition coefficient (Wildman–Crippen LogP) is -3.19. The van der Waals surface area contributed by atoms with Gasteiger partial charge < -0.3 is 29.9 Å². The lowest BCUT2D eigenvalue weighted by Crippen LogP contribution is -2.62. The lowest BCUT2D eigenvalue weighted by atomic mass is 9.92. The van der Waals surface area contributed by atoms with E-state index in [9.17, 15) is 24.9 Å². The number of likely N-dealkylation sites (N-methyl/N-ethyl adjacent to an activating group) is 1. The second-order valence-corrected chi connectivity index (χ2v) is 4.50. The number of aliphatic hydroxyl groups is 4. The Labute approximate surface area is 107 Å². The average molecular weight is 277 g/mol. The van der Waals surface area contributed by atoms with Crippen LogP contribution in [0.4, 0.5) is 4.79 Å². The van der Waals surface area contributed by atoms with E-state index < -0.39 is 55.2 Å². The summed E-state index contributed by atoms with van der Waals surface area (Å²) in [5, 5.41) is 38.0. The fourth-order valence-electron chi connectivity index (χ4n) is 2.11. The third-order valence-electron chi connectivity index (χ3n) is 3.30. The molecule has 19 heavy (non-hydrogen) atoms. The summed E-state index contributed by atoms with van der Waals surface area (Å²) in [5.41, 5.74) is 0. The fraction of sp³-hybridized carbons (Fsp3) is 0.800. The Hall–Kier alpha value is -1.26. The third kappa shape index (κ3) is 2.19. The summed E-state index contributed by atoms with van der Waals surface area (Å²) in [6.45, 7) is -0.619. The van der Waals surface area contributed by atoms with E-state index in [4.69, 9.17) is 14.6 Å². The van der Waals surface area contributed by atoms with Crippen LogP contribution in [0.1, 0.15) is 0 Å². The number of imide groups is 1. The van der Waals surface area contributed by atoms with Gasteiger partial charge in [-0.1, -0.05) is 0 Å². The van der Waals surface area contributed by atoms with Crippen molar-refractivity contribution in [3.8, 4) is 0 Å². The minimum Gasteiger partial charge on any atom is -0.433 e. The van der Waals surface area contributed by atoms with Crippen LogP contribution < -0.4 is 0 Å². The van der Waals surface area contributed by atoms with Gasteiger partial charge in [-0.3, -0.25) is 4.79 Å². The van der Waals surface area contributed by atoms with Crippen LogP contribution in [0.15, 0.2) is 0 Å². The van der Waals surface area contributed by atoms with E-state index in [1.165, 1.54) is 7.05 Å². The zero-order chi connectivity index (χ0) is 14.3. The van der Waals surface area contributed by atoms with Gasteiger partial charge in [0, 0.05) is 7.05 Å². The van der Waals surface area contributed by atoms with Gasteiger partial charge in [-0.25, -0.2) is 9.69 Å². The smallest absolute Gasteiger partial charge is 0.417 e. The lowest BCUT2D eigenvalue weighted by molar-refractivity contribution is -0.244. The molecule has 108 valence electrons. The van der Waals surface area contributed by atoms with Gasteiger partial charge >= 0.3 is 6.09 Å². The summed E-state index contributed by atoms with van der Waals surface area (Å²) < 4.78 is 9.90. The standard InChI is InChI=1S/C10H15NO8/c1-11-9(16)8(19-10(11)17)7-6(15)5(14)4(13)3(2-12)18-7/h3-8,12-15H,2H2,1H3/t3-,4-,5+,6+,7?,8?/m1/s1. The molecule has 2 aliphatic heterocycles. The van der Waals surface area contributed by atoms with Crippen LogP contribution in [0, 0.1) is 0 Å². The number of carbonyl (C=O) groups is 2. The summed E-state index contributed by atoms with van der Waals surface area (Å²) in [6, 6.07) is 0. The first-order chi connectivity index (χ1) is 8.88. The molecule has 0 aromatic heterocycles. The second-order valence-electron chi connectivity index (χ2n) is 4.50. The Morgan fingerprint density at radius 1 is 1.16 bits per heavy atom. The van der Waals surface area contributed by atoms with Crippen LogP contribution in [0.2, 0.25) is 0 Å². The Kier molecular flexibility index (Phi) is 3.74. The molecule has 2 rings (SSSR count). The van der Waals surface area contributed by atoms with Crippen molar-refractivity contribution in [2.45, 2.75) is 36.6 Å². The first-order valence-corrected chi connectivity index (χ1v) is 5.67. The number of ether oxygens (including phenoxy) is 2. The Morgan fingerprint density at radius 2 is 1.79 bits per heavy atom. The average Bonchev–Trinajstić information content (AvgIpc) is 2.64. The number of hydrogen-bond acceptors (Lipinski definition) is 8.